The molecular formula is C17H28N2O4. The second kappa shape index (κ2) is 9.94. The lowest BCUT2D eigenvalue weighted by atomic mass is 10.1. The summed E-state index contributed by atoms with van der Waals surface area (Å²) in [4.78, 5) is 14.3. The van der Waals surface area contributed by atoms with Gasteiger partial charge in [-0.1, -0.05) is 13.8 Å². The van der Waals surface area contributed by atoms with Crippen molar-refractivity contribution in [3.8, 4) is 17.2 Å². The minimum atomic E-state index is -0.0218. The van der Waals surface area contributed by atoms with E-state index in [4.69, 9.17) is 14.2 Å². The van der Waals surface area contributed by atoms with E-state index in [0.29, 0.717) is 23.8 Å². The highest BCUT2D eigenvalue weighted by molar-refractivity contribution is 5.79. The van der Waals surface area contributed by atoms with Gasteiger partial charge >= 0.3 is 0 Å². The molecule has 0 heterocycles. The Morgan fingerprint density at radius 1 is 1.04 bits per heavy atom. The molecule has 23 heavy (non-hydrogen) atoms. The first-order valence-corrected chi connectivity index (χ1v) is 7.87. The van der Waals surface area contributed by atoms with E-state index < -0.39 is 0 Å². The SMILES string of the molecule is CCN(CC)CCNC(=O)Cc1cc(OC)c(OC)c(OC)c1. The maximum Gasteiger partial charge on any atom is 0.224 e. The molecule has 0 fully saturated rings. The highest BCUT2D eigenvalue weighted by Gasteiger charge is 2.14. The van der Waals surface area contributed by atoms with Crippen molar-refractivity contribution in [1.82, 2.24) is 10.2 Å². The Labute approximate surface area is 138 Å². The predicted molar refractivity (Wildman–Crippen MR) is 90.6 cm³/mol. The molecule has 0 aromatic heterocycles. The van der Waals surface area contributed by atoms with Crippen LogP contribution in [-0.2, 0) is 11.2 Å². The summed E-state index contributed by atoms with van der Waals surface area (Å²) in [6.45, 7) is 7.69. The molecule has 1 aromatic carbocycles. The molecule has 0 atom stereocenters. The lowest BCUT2D eigenvalue weighted by Gasteiger charge is -2.18. The van der Waals surface area contributed by atoms with E-state index in [9.17, 15) is 4.79 Å². The molecule has 0 saturated carbocycles. The third kappa shape index (κ3) is 5.63. The number of hydrogen-bond donors (Lipinski definition) is 1. The highest BCUT2D eigenvalue weighted by Crippen LogP contribution is 2.38. The van der Waals surface area contributed by atoms with Crippen molar-refractivity contribution in [2.24, 2.45) is 0 Å². The molecule has 130 valence electrons. The van der Waals surface area contributed by atoms with E-state index in [-0.39, 0.29) is 12.3 Å². The van der Waals surface area contributed by atoms with Crippen molar-refractivity contribution in [3.05, 3.63) is 17.7 Å². The molecule has 0 bridgehead atoms. The molecule has 1 amide bonds. The van der Waals surface area contributed by atoms with Gasteiger partial charge in [0.05, 0.1) is 27.8 Å². The number of methoxy groups -OCH3 is 3. The van der Waals surface area contributed by atoms with Gasteiger partial charge in [-0.25, -0.2) is 0 Å². The lowest BCUT2D eigenvalue weighted by molar-refractivity contribution is -0.120. The predicted octanol–water partition coefficient (Wildman–Crippen LogP) is 1.71. The van der Waals surface area contributed by atoms with Crippen LogP contribution in [0.1, 0.15) is 19.4 Å². The van der Waals surface area contributed by atoms with E-state index >= 15 is 0 Å². The molecule has 1 N–H and O–H groups in total. The van der Waals surface area contributed by atoms with Crippen molar-refractivity contribution in [1.29, 1.82) is 0 Å². The van der Waals surface area contributed by atoms with Crippen molar-refractivity contribution < 1.29 is 19.0 Å². The lowest BCUT2D eigenvalue weighted by Crippen LogP contribution is -2.35. The summed E-state index contributed by atoms with van der Waals surface area (Å²) in [5.74, 6) is 1.61. The van der Waals surface area contributed by atoms with E-state index in [1.54, 1.807) is 33.5 Å². The maximum absolute atomic E-state index is 12.1. The number of hydrogen-bond acceptors (Lipinski definition) is 5. The van der Waals surface area contributed by atoms with Crippen molar-refractivity contribution >= 4 is 5.91 Å². The minimum Gasteiger partial charge on any atom is -0.493 e. The van der Waals surface area contributed by atoms with Crippen molar-refractivity contribution in [3.63, 3.8) is 0 Å². The summed E-state index contributed by atoms with van der Waals surface area (Å²) in [6, 6.07) is 3.59. The second-order valence-corrected chi connectivity index (χ2v) is 5.09. The highest BCUT2D eigenvalue weighted by atomic mass is 16.5. The van der Waals surface area contributed by atoms with Gasteiger partial charge in [-0.3, -0.25) is 4.79 Å². The Morgan fingerprint density at radius 3 is 2.04 bits per heavy atom. The van der Waals surface area contributed by atoms with E-state index in [2.05, 4.69) is 24.1 Å². The Bertz CT molecular complexity index is 476. The molecule has 0 radical (unpaired) electrons. The number of amides is 1. The third-order valence-electron chi connectivity index (χ3n) is 3.73. The monoisotopic (exact) mass is 324 g/mol. The Balaban J connectivity index is 2.67. The molecule has 0 aliphatic carbocycles. The Hall–Kier alpha value is -1.95. The number of carbonyl (C=O) groups is 1. The molecule has 0 saturated heterocycles. The van der Waals surface area contributed by atoms with Crippen LogP contribution in [-0.4, -0.2) is 58.3 Å². The molecule has 6 nitrogen and oxygen atoms in total. The Kier molecular flexibility index (Phi) is 8.26. The number of nitrogens with zero attached hydrogens (tertiary/aromatic N) is 1. The zero-order valence-electron chi connectivity index (χ0n) is 14.8. The van der Waals surface area contributed by atoms with E-state index in [1.807, 2.05) is 0 Å². The fraction of sp³-hybridized carbons (Fsp3) is 0.588. The van der Waals surface area contributed by atoms with Crippen LogP contribution in [0.15, 0.2) is 12.1 Å². The summed E-state index contributed by atoms with van der Waals surface area (Å²) in [5.41, 5.74) is 0.819. The first-order chi connectivity index (χ1) is 11.1. The minimum absolute atomic E-state index is 0.0218. The van der Waals surface area contributed by atoms with Crippen molar-refractivity contribution in [2.75, 3.05) is 47.5 Å². The number of carbonyl (C=O) groups excluding carboxylic acids is 1. The number of benzene rings is 1. The van der Waals surface area contributed by atoms with Crippen LogP contribution in [0.5, 0.6) is 17.2 Å². The summed E-state index contributed by atoms with van der Waals surface area (Å²) in [7, 11) is 4.68. The molecule has 1 rings (SSSR count). The maximum atomic E-state index is 12.1. The second-order valence-electron chi connectivity index (χ2n) is 5.09. The van der Waals surface area contributed by atoms with Crippen LogP contribution in [0.3, 0.4) is 0 Å². The number of rotatable bonds is 10. The topological polar surface area (TPSA) is 60.0 Å². The van der Waals surface area contributed by atoms with Crippen LogP contribution in [0.2, 0.25) is 0 Å². The van der Waals surface area contributed by atoms with Crippen LogP contribution < -0.4 is 19.5 Å². The van der Waals surface area contributed by atoms with Gasteiger partial charge in [0.15, 0.2) is 11.5 Å². The average Bonchev–Trinajstić information content (AvgIpc) is 2.57. The van der Waals surface area contributed by atoms with Crippen LogP contribution in [0.4, 0.5) is 0 Å². The molecule has 6 heteroatoms. The van der Waals surface area contributed by atoms with Crippen LogP contribution in [0.25, 0.3) is 0 Å². The van der Waals surface area contributed by atoms with Gasteiger partial charge in [-0.15, -0.1) is 0 Å². The average molecular weight is 324 g/mol. The summed E-state index contributed by atoms with van der Waals surface area (Å²) < 4.78 is 15.9. The zero-order chi connectivity index (χ0) is 17.2. The van der Waals surface area contributed by atoms with Gasteiger partial charge in [0, 0.05) is 13.1 Å². The normalized spacial score (nSPS) is 10.5. The third-order valence-corrected chi connectivity index (χ3v) is 3.73. The van der Waals surface area contributed by atoms with Gasteiger partial charge in [-0.05, 0) is 30.8 Å². The van der Waals surface area contributed by atoms with Gasteiger partial charge in [0.2, 0.25) is 11.7 Å². The standard InChI is InChI=1S/C17H28N2O4/c1-6-19(7-2)9-8-18-16(20)12-13-10-14(21-3)17(23-5)15(11-13)22-4/h10-11H,6-9,12H2,1-5H3,(H,18,20). The number of nitrogens with one attached hydrogen (secondary N) is 1. The summed E-state index contributed by atoms with van der Waals surface area (Å²) >= 11 is 0. The quantitative estimate of drug-likeness (QED) is 0.710. The van der Waals surface area contributed by atoms with E-state index in [1.165, 1.54) is 0 Å². The fourth-order valence-electron chi connectivity index (χ4n) is 2.38. The van der Waals surface area contributed by atoms with Crippen molar-refractivity contribution in [2.45, 2.75) is 20.3 Å². The molecule has 0 aliphatic heterocycles. The molecule has 0 unspecified atom stereocenters. The summed E-state index contributed by atoms with van der Waals surface area (Å²) in [5, 5.41) is 2.94. The van der Waals surface area contributed by atoms with Gasteiger partial charge in [0.25, 0.3) is 0 Å². The molecule has 0 aliphatic rings. The molecule has 1 aromatic rings. The number of likely N-dealkylation sites (N-methyl/N-ethyl adjacent to an activating group) is 1. The van der Waals surface area contributed by atoms with E-state index in [0.717, 1.165) is 25.2 Å². The first-order valence-electron chi connectivity index (χ1n) is 7.87. The van der Waals surface area contributed by atoms with Gasteiger partial charge in [0.1, 0.15) is 0 Å². The summed E-state index contributed by atoms with van der Waals surface area (Å²) in [6.07, 6.45) is 0.273. The molecule has 0 spiro atoms. The van der Waals surface area contributed by atoms with Crippen LogP contribution >= 0.6 is 0 Å². The van der Waals surface area contributed by atoms with Gasteiger partial charge in [-0.2, -0.15) is 0 Å². The largest absolute Gasteiger partial charge is 0.493 e. The molecular weight excluding hydrogens is 296 g/mol. The smallest absolute Gasteiger partial charge is 0.224 e. The number of ether oxygens (including phenoxy) is 3. The first kappa shape index (κ1) is 19.1. The van der Waals surface area contributed by atoms with Gasteiger partial charge < -0.3 is 24.4 Å². The fourth-order valence-corrected chi connectivity index (χ4v) is 2.38. The Morgan fingerprint density at radius 2 is 1.61 bits per heavy atom. The zero-order valence-corrected chi connectivity index (χ0v) is 14.8. The van der Waals surface area contributed by atoms with Crippen LogP contribution in [0, 0.1) is 0 Å².